The molecule has 4 heteroatoms. The molecule has 16 heavy (non-hydrogen) atoms. The van der Waals surface area contributed by atoms with Gasteiger partial charge in [-0.2, -0.15) is 0 Å². The van der Waals surface area contributed by atoms with Gasteiger partial charge in [-0.3, -0.25) is 4.79 Å². The number of aliphatic carboxylic acids is 1. The van der Waals surface area contributed by atoms with Crippen molar-refractivity contribution in [2.45, 2.75) is 44.6 Å². The molecule has 0 aromatic heterocycles. The minimum Gasteiger partial charge on any atom is -0.480 e. The molecule has 0 aromatic rings. The van der Waals surface area contributed by atoms with Crippen LogP contribution in [0.4, 0.5) is 0 Å². The Balaban J connectivity index is 2.01. The Morgan fingerprint density at radius 3 is 2.69 bits per heavy atom. The maximum Gasteiger partial charge on any atom is 0.323 e. The highest BCUT2D eigenvalue weighted by atomic mass is 16.5. The molecule has 0 bridgehead atoms. The molecule has 0 heterocycles. The molecule has 0 aliphatic heterocycles. The van der Waals surface area contributed by atoms with Gasteiger partial charge in [0, 0.05) is 13.2 Å². The molecule has 1 saturated carbocycles. The first-order valence-electron chi connectivity index (χ1n) is 6.08. The predicted octanol–water partition coefficient (Wildman–Crippen LogP) is 1.65. The summed E-state index contributed by atoms with van der Waals surface area (Å²) in [4.78, 5) is 11.0. The Hall–Kier alpha value is -0.610. The van der Waals surface area contributed by atoms with Crippen LogP contribution in [0.25, 0.3) is 0 Å². The third-order valence-corrected chi connectivity index (χ3v) is 3.29. The molecule has 1 rings (SSSR count). The fourth-order valence-electron chi connectivity index (χ4n) is 1.56. The molecule has 1 fully saturated rings. The second-order valence-electron chi connectivity index (χ2n) is 4.86. The molecule has 94 valence electrons. The number of likely N-dealkylation sites (N-methyl/N-ethyl adjacent to an activating group) is 1. The number of carbonyl (C=O) groups is 1. The van der Waals surface area contributed by atoms with Crippen molar-refractivity contribution in [2.24, 2.45) is 5.92 Å². The van der Waals surface area contributed by atoms with Crippen LogP contribution in [-0.4, -0.2) is 36.9 Å². The molecule has 4 nitrogen and oxygen atoms in total. The Labute approximate surface area is 97.4 Å². The fourth-order valence-corrected chi connectivity index (χ4v) is 1.56. The largest absolute Gasteiger partial charge is 0.480 e. The number of carboxylic acid groups (broad SMARTS) is 1. The average molecular weight is 229 g/mol. The number of hydrogen-bond acceptors (Lipinski definition) is 3. The van der Waals surface area contributed by atoms with Crippen LogP contribution < -0.4 is 5.32 Å². The van der Waals surface area contributed by atoms with Crippen LogP contribution in [-0.2, 0) is 9.53 Å². The molecule has 1 aliphatic carbocycles. The predicted molar refractivity (Wildman–Crippen MR) is 62.5 cm³/mol. The van der Waals surface area contributed by atoms with Gasteiger partial charge in [-0.05, 0) is 52.0 Å². The van der Waals surface area contributed by atoms with Crippen molar-refractivity contribution in [3.8, 4) is 0 Å². The highest BCUT2D eigenvalue weighted by molar-refractivity contribution is 5.78. The van der Waals surface area contributed by atoms with Gasteiger partial charge in [-0.15, -0.1) is 0 Å². The number of carboxylic acids is 1. The summed E-state index contributed by atoms with van der Waals surface area (Å²) in [5, 5.41) is 11.9. The van der Waals surface area contributed by atoms with Crippen molar-refractivity contribution in [1.29, 1.82) is 0 Å². The summed E-state index contributed by atoms with van der Waals surface area (Å²) >= 11 is 0. The van der Waals surface area contributed by atoms with Gasteiger partial charge in [-0.1, -0.05) is 0 Å². The van der Waals surface area contributed by atoms with Crippen molar-refractivity contribution in [3.05, 3.63) is 0 Å². The molecule has 2 N–H and O–H groups in total. The smallest absolute Gasteiger partial charge is 0.323 e. The number of nitrogens with one attached hydrogen (secondary N) is 1. The summed E-state index contributed by atoms with van der Waals surface area (Å²) < 4.78 is 5.50. The van der Waals surface area contributed by atoms with Crippen LogP contribution in [0.15, 0.2) is 0 Å². The molecule has 1 aliphatic rings. The van der Waals surface area contributed by atoms with Crippen LogP contribution in [0.3, 0.4) is 0 Å². The number of rotatable bonds is 9. The van der Waals surface area contributed by atoms with E-state index >= 15 is 0 Å². The number of ether oxygens (including phenoxy) is 1. The molecule has 0 spiro atoms. The van der Waals surface area contributed by atoms with Gasteiger partial charge >= 0.3 is 5.97 Å². The maximum absolute atomic E-state index is 11.0. The minimum atomic E-state index is -0.795. The van der Waals surface area contributed by atoms with Gasteiger partial charge in [0.05, 0.1) is 0 Å². The van der Waals surface area contributed by atoms with E-state index in [0.717, 1.165) is 32.0 Å². The second kappa shape index (κ2) is 6.21. The van der Waals surface area contributed by atoms with Gasteiger partial charge < -0.3 is 15.2 Å². The van der Waals surface area contributed by atoms with E-state index in [9.17, 15) is 4.79 Å². The van der Waals surface area contributed by atoms with Crippen LogP contribution in [0.5, 0.6) is 0 Å². The van der Waals surface area contributed by atoms with Crippen LogP contribution in [0.2, 0.25) is 0 Å². The number of hydrogen-bond donors (Lipinski definition) is 2. The van der Waals surface area contributed by atoms with Crippen molar-refractivity contribution in [1.82, 2.24) is 5.32 Å². The molecule has 1 atom stereocenters. The Kier molecular flexibility index (Phi) is 5.22. The molecule has 0 aromatic carbocycles. The first-order chi connectivity index (χ1) is 7.58. The van der Waals surface area contributed by atoms with Crippen molar-refractivity contribution in [2.75, 3.05) is 20.3 Å². The highest BCUT2D eigenvalue weighted by Gasteiger charge is 2.30. The van der Waals surface area contributed by atoms with Crippen molar-refractivity contribution in [3.63, 3.8) is 0 Å². The minimum absolute atomic E-state index is 0.644. The van der Waals surface area contributed by atoms with Gasteiger partial charge in [0.1, 0.15) is 5.54 Å². The lowest BCUT2D eigenvalue weighted by Gasteiger charge is -2.23. The lowest BCUT2D eigenvalue weighted by atomic mass is 9.95. The zero-order valence-electron chi connectivity index (χ0n) is 10.3. The zero-order valence-corrected chi connectivity index (χ0v) is 10.3. The molecular weight excluding hydrogens is 206 g/mol. The second-order valence-corrected chi connectivity index (χ2v) is 4.86. The highest BCUT2D eigenvalue weighted by Crippen LogP contribution is 2.28. The van der Waals surface area contributed by atoms with E-state index in [4.69, 9.17) is 9.84 Å². The summed E-state index contributed by atoms with van der Waals surface area (Å²) in [7, 11) is 1.69. The molecule has 1 unspecified atom stereocenters. The normalized spacial score (nSPS) is 19.4. The molecule has 0 amide bonds. The van der Waals surface area contributed by atoms with Crippen molar-refractivity contribution >= 4 is 5.97 Å². The molecule has 0 radical (unpaired) electrons. The van der Waals surface area contributed by atoms with Gasteiger partial charge in [-0.25, -0.2) is 0 Å². The van der Waals surface area contributed by atoms with Crippen LogP contribution >= 0.6 is 0 Å². The third-order valence-electron chi connectivity index (χ3n) is 3.29. The lowest BCUT2D eigenvalue weighted by Crippen LogP contribution is -2.47. The van der Waals surface area contributed by atoms with E-state index in [1.807, 2.05) is 0 Å². The van der Waals surface area contributed by atoms with E-state index in [-0.39, 0.29) is 0 Å². The first-order valence-corrected chi connectivity index (χ1v) is 6.08. The Morgan fingerprint density at radius 2 is 2.19 bits per heavy atom. The lowest BCUT2D eigenvalue weighted by molar-refractivity contribution is -0.144. The maximum atomic E-state index is 11.0. The molecule has 0 saturated heterocycles. The van der Waals surface area contributed by atoms with Crippen LogP contribution in [0, 0.1) is 5.92 Å². The SMILES string of the molecule is CNC(C)(CCCCOCC1CC1)C(=O)O. The fraction of sp³-hybridized carbons (Fsp3) is 0.917. The first kappa shape index (κ1) is 13.5. The van der Waals surface area contributed by atoms with Crippen LogP contribution in [0.1, 0.15) is 39.0 Å². The third kappa shape index (κ3) is 4.49. The van der Waals surface area contributed by atoms with E-state index < -0.39 is 11.5 Å². The van der Waals surface area contributed by atoms with Crippen molar-refractivity contribution < 1.29 is 14.6 Å². The Morgan fingerprint density at radius 1 is 1.50 bits per heavy atom. The Bertz CT molecular complexity index is 228. The average Bonchev–Trinajstić information content (AvgIpc) is 3.06. The van der Waals surface area contributed by atoms with E-state index in [0.29, 0.717) is 6.42 Å². The summed E-state index contributed by atoms with van der Waals surface area (Å²) in [6, 6.07) is 0. The van der Waals surface area contributed by atoms with Gasteiger partial charge in [0.15, 0.2) is 0 Å². The van der Waals surface area contributed by atoms with Gasteiger partial charge in [0.25, 0.3) is 0 Å². The van der Waals surface area contributed by atoms with E-state index in [1.165, 1.54) is 12.8 Å². The van der Waals surface area contributed by atoms with E-state index in [1.54, 1.807) is 14.0 Å². The standard InChI is InChI=1S/C12H23NO3/c1-12(13-2,11(14)15)7-3-4-8-16-9-10-5-6-10/h10,13H,3-9H2,1-2H3,(H,14,15). The quantitative estimate of drug-likeness (QED) is 0.590. The monoisotopic (exact) mass is 229 g/mol. The topological polar surface area (TPSA) is 58.6 Å². The number of unbranched alkanes of at least 4 members (excludes halogenated alkanes) is 1. The van der Waals surface area contributed by atoms with Gasteiger partial charge in [0.2, 0.25) is 0 Å². The van der Waals surface area contributed by atoms with E-state index in [2.05, 4.69) is 5.32 Å². The zero-order chi connectivity index (χ0) is 12.0. The summed E-state index contributed by atoms with van der Waals surface area (Å²) in [5.74, 6) is 0.0236. The summed E-state index contributed by atoms with van der Waals surface area (Å²) in [6.45, 7) is 3.37. The summed E-state index contributed by atoms with van der Waals surface area (Å²) in [6.07, 6.45) is 5.10. The summed E-state index contributed by atoms with van der Waals surface area (Å²) in [5.41, 5.74) is -0.795. The molecular formula is C12H23NO3.